The molecule has 0 unspecified atom stereocenters. The van der Waals surface area contributed by atoms with Gasteiger partial charge < -0.3 is 9.47 Å². The Morgan fingerprint density at radius 3 is 2.36 bits per heavy atom. The van der Waals surface area contributed by atoms with Gasteiger partial charge in [0.2, 0.25) is 0 Å². The van der Waals surface area contributed by atoms with Crippen LogP contribution in [-0.4, -0.2) is 25.8 Å². The third kappa shape index (κ3) is 3.26. The SMILES string of the molecule is COc1ccc(/C=C2\C(=O)N(c3ccc(C)cc3)N=C2C)c(OC)c1. The number of anilines is 1. The molecular formula is C20H20N2O3. The van der Waals surface area contributed by atoms with Crippen LogP contribution in [0, 0.1) is 6.92 Å². The van der Waals surface area contributed by atoms with Crippen molar-refractivity contribution >= 4 is 23.4 Å². The van der Waals surface area contributed by atoms with E-state index in [2.05, 4.69) is 5.10 Å². The lowest BCUT2D eigenvalue weighted by Crippen LogP contribution is -2.21. The Morgan fingerprint density at radius 1 is 1.00 bits per heavy atom. The van der Waals surface area contributed by atoms with Gasteiger partial charge >= 0.3 is 0 Å². The summed E-state index contributed by atoms with van der Waals surface area (Å²) in [5.74, 6) is 1.18. The van der Waals surface area contributed by atoms with Crippen molar-refractivity contribution in [3.05, 3.63) is 59.2 Å². The standard InChI is InChI=1S/C20H20N2O3/c1-13-5-8-16(9-6-13)22-20(23)18(14(2)21-22)11-15-7-10-17(24-3)12-19(15)25-4/h5-12H,1-4H3/b18-11-. The Balaban J connectivity index is 1.96. The summed E-state index contributed by atoms with van der Waals surface area (Å²) in [5.41, 5.74) is 3.90. The van der Waals surface area contributed by atoms with Crippen LogP contribution in [0.25, 0.3) is 6.08 Å². The minimum atomic E-state index is -0.153. The molecule has 0 N–H and O–H groups in total. The second-order valence-electron chi connectivity index (χ2n) is 5.80. The molecule has 128 valence electrons. The van der Waals surface area contributed by atoms with Crippen LogP contribution in [0.2, 0.25) is 0 Å². The van der Waals surface area contributed by atoms with E-state index in [0.29, 0.717) is 22.8 Å². The number of amides is 1. The highest BCUT2D eigenvalue weighted by Gasteiger charge is 2.28. The van der Waals surface area contributed by atoms with Gasteiger partial charge in [0.15, 0.2) is 0 Å². The Hall–Kier alpha value is -3.08. The average molecular weight is 336 g/mol. The zero-order valence-corrected chi connectivity index (χ0v) is 14.7. The second kappa shape index (κ2) is 6.81. The molecule has 2 aromatic carbocycles. The lowest BCUT2D eigenvalue weighted by molar-refractivity contribution is -0.114. The van der Waals surface area contributed by atoms with Crippen molar-refractivity contribution in [3.8, 4) is 11.5 Å². The van der Waals surface area contributed by atoms with Crippen molar-refractivity contribution in [2.24, 2.45) is 5.10 Å². The van der Waals surface area contributed by atoms with Crippen molar-refractivity contribution in [2.75, 3.05) is 19.2 Å². The summed E-state index contributed by atoms with van der Waals surface area (Å²) < 4.78 is 10.6. The van der Waals surface area contributed by atoms with E-state index in [1.807, 2.05) is 50.2 Å². The van der Waals surface area contributed by atoms with E-state index in [0.717, 1.165) is 16.8 Å². The lowest BCUT2D eigenvalue weighted by atomic mass is 10.1. The molecule has 5 nitrogen and oxygen atoms in total. The molecule has 5 heteroatoms. The van der Waals surface area contributed by atoms with Crippen LogP contribution in [0.3, 0.4) is 0 Å². The molecule has 0 radical (unpaired) electrons. The number of aryl methyl sites for hydroxylation is 1. The number of nitrogens with zero attached hydrogens (tertiary/aromatic N) is 2. The monoisotopic (exact) mass is 336 g/mol. The van der Waals surface area contributed by atoms with Gasteiger partial charge in [0.1, 0.15) is 11.5 Å². The molecule has 0 bridgehead atoms. The Labute approximate surface area is 147 Å². The predicted octanol–water partition coefficient (Wildman–Crippen LogP) is 3.82. The molecule has 0 saturated heterocycles. The highest BCUT2D eigenvalue weighted by molar-refractivity contribution is 6.32. The summed E-state index contributed by atoms with van der Waals surface area (Å²) in [7, 11) is 3.19. The van der Waals surface area contributed by atoms with Crippen molar-refractivity contribution in [2.45, 2.75) is 13.8 Å². The largest absolute Gasteiger partial charge is 0.497 e. The first-order valence-corrected chi connectivity index (χ1v) is 7.94. The van der Waals surface area contributed by atoms with E-state index in [-0.39, 0.29) is 5.91 Å². The van der Waals surface area contributed by atoms with Crippen LogP contribution in [-0.2, 0) is 4.79 Å². The van der Waals surface area contributed by atoms with Gasteiger partial charge in [-0.2, -0.15) is 10.1 Å². The van der Waals surface area contributed by atoms with Crippen LogP contribution >= 0.6 is 0 Å². The molecule has 0 atom stereocenters. The molecular weight excluding hydrogens is 316 g/mol. The van der Waals surface area contributed by atoms with Crippen LogP contribution in [0.1, 0.15) is 18.1 Å². The minimum Gasteiger partial charge on any atom is -0.497 e. The number of ether oxygens (including phenoxy) is 2. The van der Waals surface area contributed by atoms with Gasteiger partial charge in [-0.3, -0.25) is 4.79 Å². The summed E-state index contributed by atoms with van der Waals surface area (Å²) in [4.78, 5) is 12.8. The lowest BCUT2D eigenvalue weighted by Gasteiger charge is -2.12. The van der Waals surface area contributed by atoms with E-state index >= 15 is 0 Å². The summed E-state index contributed by atoms with van der Waals surface area (Å²) >= 11 is 0. The van der Waals surface area contributed by atoms with Gasteiger partial charge in [0.25, 0.3) is 5.91 Å². The summed E-state index contributed by atoms with van der Waals surface area (Å²) in [6, 6.07) is 13.2. The highest BCUT2D eigenvalue weighted by atomic mass is 16.5. The van der Waals surface area contributed by atoms with Crippen LogP contribution in [0.4, 0.5) is 5.69 Å². The van der Waals surface area contributed by atoms with E-state index < -0.39 is 0 Å². The topological polar surface area (TPSA) is 51.1 Å². The smallest absolute Gasteiger partial charge is 0.280 e. The molecule has 1 aliphatic rings. The molecule has 2 aromatic rings. The molecule has 0 spiro atoms. The fraction of sp³-hybridized carbons (Fsp3) is 0.200. The quantitative estimate of drug-likeness (QED) is 0.798. The second-order valence-corrected chi connectivity index (χ2v) is 5.80. The van der Waals surface area contributed by atoms with E-state index in [4.69, 9.17) is 9.47 Å². The van der Waals surface area contributed by atoms with Crippen molar-refractivity contribution in [1.29, 1.82) is 0 Å². The maximum Gasteiger partial charge on any atom is 0.280 e. The van der Waals surface area contributed by atoms with Crippen LogP contribution in [0.5, 0.6) is 11.5 Å². The minimum absolute atomic E-state index is 0.153. The van der Waals surface area contributed by atoms with E-state index in [1.165, 1.54) is 5.01 Å². The maximum atomic E-state index is 12.8. The number of carbonyl (C=O) groups excluding carboxylic acids is 1. The number of hydrazone groups is 1. The third-order valence-corrected chi connectivity index (χ3v) is 4.08. The fourth-order valence-electron chi connectivity index (χ4n) is 2.64. The van der Waals surface area contributed by atoms with Gasteiger partial charge in [-0.05, 0) is 44.2 Å². The summed E-state index contributed by atoms with van der Waals surface area (Å²) in [5, 5.41) is 5.83. The summed E-state index contributed by atoms with van der Waals surface area (Å²) in [6.07, 6.45) is 1.80. The molecule has 1 aliphatic heterocycles. The molecule has 0 fully saturated rings. The molecule has 0 saturated carbocycles. The Bertz CT molecular complexity index is 867. The molecule has 0 aliphatic carbocycles. The number of carbonyl (C=O) groups is 1. The molecule has 25 heavy (non-hydrogen) atoms. The van der Waals surface area contributed by atoms with Crippen LogP contribution in [0.15, 0.2) is 53.1 Å². The Morgan fingerprint density at radius 2 is 1.72 bits per heavy atom. The first-order valence-electron chi connectivity index (χ1n) is 7.94. The zero-order valence-electron chi connectivity index (χ0n) is 14.7. The molecule has 1 heterocycles. The van der Waals surface area contributed by atoms with E-state index in [9.17, 15) is 4.79 Å². The van der Waals surface area contributed by atoms with E-state index in [1.54, 1.807) is 26.4 Å². The maximum absolute atomic E-state index is 12.8. The first-order chi connectivity index (χ1) is 12.0. The fourth-order valence-corrected chi connectivity index (χ4v) is 2.64. The Kier molecular flexibility index (Phi) is 4.57. The van der Waals surface area contributed by atoms with Gasteiger partial charge in [-0.1, -0.05) is 17.7 Å². The molecule has 0 aromatic heterocycles. The van der Waals surface area contributed by atoms with Gasteiger partial charge in [0, 0.05) is 11.6 Å². The highest BCUT2D eigenvalue weighted by Crippen LogP contribution is 2.30. The number of hydrogen-bond acceptors (Lipinski definition) is 4. The van der Waals surface area contributed by atoms with Gasteiger partial charge in [0.05, 0.1) is 31.2 Å². The van der Waals surface area contributed by atoms with Crippen molar-refractivity contribution < 1.29 is 14.3 Å². The van der Waals surface area contributed by atoms with Crippen molar-refractivity contribution in [1.82, 2.24) is 0 Å². The van der Waals surface area contributed by atoms with Gasteiger partial charge in [-0.25, -0.2) is 0 Å². The average Bonchev–Trinajstić information content (AvgIpc) is 2.91. The van der Waals surface area contributed by atoms with Gasteiger partial charge in [-0.15, -0.1) is 0 Å². The number of rotatable bonds is 4. The zero-order chi connectivity index (χ0) is 18.0. The number of methoxy groups -OCH3 is 2. The third-order valence-electron chi connectivity index (χ3n) is 4.08. The van der Waals surface area contributed by atoms with Crippen LogP contribution < -0.4 is 14.5 Å². The van der Waals surface area contributed by atoms with Crippen molar-refractivity contribution in [3.63, 3.8) is 0 Å². The molecule has 1 amide bonds. The molecule has 3 rings (SSSR count). The predicted molar refractivity (Wildman–Crippen MR) is 99.3 cm³/mol. The summed E-state index contributed by atoms with van der Waals surface area (Å²) in [6.45, 7) is 3.83. The first kappa shape index (κ1) is 16.8. The normalized spacial score (nSPS) is 15.5. The number of benzene rings is 2. The number of hydrogen-bond donors (Lipinski definition) is 0.